The molecule has 1 saturated carbocycles. The Morgan fingerprint density at radius 2 is 2.00 bits per heavy atom. The van der Waals surface area contributed by atoms with Crippen molar-refractivity contribution in [3.8, 4) is 0 Å². The molecule has 1 fully saturated rings. The molecule has 0 aromatic heterocycles. The van der Waals surface area contributed by atoms with Crippen molar-refractivity contribution in [2.75, 3.05) is 7.11 Å². The minimum absolute atomic E-state index is 0.0330. The first-order valence-corrected chi connectivity index (χ1v) is 9.07. The molecule has 0 radical (unpaired) electrons. The highest BCUT2D eigenvalue weighted by Crippen LogP contribution is 2.57. The third-order valence-electron chi connectivity index (χ3n) is 7.05. The fraction of sp³-hybridized carbons (Fsp3) is 0.667. The van der Waals surface area contributed by atoms with Gasteiger partial charge in [0.25, 0.3) is 0 Å². The van der Waals surface area contributed by atoms with E-state index in [2.05, 4.69) is 39.0 Å². The van der Waals surface area contributed by atoms with Crippen molar-refractivity contribution in [1.29, 1.82) is 0 Å². The molecule has 0 bridgehead atoms. The average Bonchev–Trinajstić information content (AvgIpc) is 2.54. The van der Waals surface area contributed by atoms with E-state index >= 15 is 0 Å². The highest BCUT2D eigenvalue weighted by Gasteiger charge is 2.55. The van der Waals surface area contributed by atoms with Crippen LogP contribution in [-0.4, -0.2) is 18.2 Å². The Kier molecular flexibility index (Phi) is 4.07. The van der Waals surface area contributed by atoms with Gasteiger partial charge in [-0.1, -0.05) is 31.5 Å². The van der Waals surface area contributed by atoms with E-state index < -0.39 is 11.4 Å². The summed E-state index contributed by atoms with van der Waals surface area (Å²) in [5.74, 6) is -0.413. The largest absolute Gasteiger partial charge is 0.481 e. The Morgan fingerprint density at radius 1 is 1.29 bits per heavy atom. The van der Waals surface area contributed by atoms with Gasteiger partial charge in [-0.3, -0.25) is 4.79 Å². The van der Waals surface area contributed by atoms with Crippen molar-refractivity contribution in [3.05, 3.63) is 34.9 Å². The summed E-state index contributed by atoms with van der Waals surface area (Å²) in [5, 5.41) is 9.87. The Bertz CT molecular complexity index is 663. The maximum absolute atomic E-state index is 12.0. The van der Waals surface area contributed by atoms with Crippen molar-refractivity contribution in [1.82, 2.24) is 0 Å². The SMILES string of the molecule is COC(C)(C)c1ccc2c(c1)CC[C@@H]1[C@@](C)(C(=O)O)CCC[C@]21C. The monoisotopic (exact) mass is 330 g/mol. The summed E-state index contributed by atoms with van der Waals surface area (Å²) in [6.45, 7) is 8.43. The van der Waals surface area contributed by atoms with Gasteiger partial charge in [-0.25, -0.2) is 0 Å². The number of hydrogen-bond donors (Lipinski definition) is 1. The van der Waals surface area contributed by atoms with Crippen LogP contribution in [0.1, 0.15) is 70.1 Å². The molecule has 3 heteroatoms. The van der Waals surface area contributed by atoms with Crippen molar-refractivity contribution in [2.24, 2.45) is 11.3 Å². The van der Waals surface area contributed by atoms with E-state index in [4.69, 9.17) is 4.74 Å². The number of rotatable bonds is 3. The summed E-state index contributed by atoms with van der Waals surface area (Å²) in [4.78, 5) is 12.0. The van der Waals surface area contributed by atoms with E-state index in [0.29, 0.717) is 0 Å². The Morgan fingerprint density at radius 3 is 2.62 bits per heavy atom. The molecular formula is C21H30O3. The van der Waals surface area contributed by atoms with Gasteiger partial charge in [-0.2, -0.15) is 0 Å². The molecule has 0 unspecified atom stereocenters. The molecule has 3 nitrogen and oxygen atoms in total. The lowest BCUT2D eigenvalue weighted by Crippen LogP contribution is -2.52. The maximum atomic E-state index is 12.0. The van der Waals surface area contributed by atoms with Gasteiger partial charge in [0.1, 0.15) is 0 Å². The van der Waals surface area contributed by atoms with Gasteiger partial charge in [0.15, 0.2) is 0 Å². The molecule has 2 aliphatic carbocycles. The van der Waals surface area contributed by atoms with E-state index in [-0.39, 0.29) is 16.9 Å². The number of ether oxygens (including phenoxy) is 1. The zero-order valence-electron chi connectivity index (χ0n) is 15.6. The molecule has 0 heterocycles. The molecule has 3 rings (SSSR count). The van der Waals surface area contributed by atoms with Crippen molar-refractivity contribution >= 4 is 5.97 Å². The van der Waals surface area contributed by atoms with Crippen LogP contribution in [0.5, 0.6) is 0 Å². The summed E-state index contributed by atoms with van der Waals surface area (Å²) in [7, 11) is 1.75. The molecular weight excluding hydrogens is 300 g/mol. The number of benzene rings is 1. The van der Waals surface area contributed by atoms with Crippen LogP contribution in [0.3, 0.4) is 0 Å². The van der Waals surface area contributed by atoms with Crippen LogP contribution in [0, 0.1) is 11.3 Å². The number of aryl methyl sites for hydroxylation is 1. The van der Waals surface area contributed by atoms with Crippen LogP contribution < -0.4 is 0 Å². The fourth-order valence-corrected chi connectivity index (χ4v) is 5.24. The standard InChI is InChI=1S/C21H30O3/c1-19(2,24-5)15-8-9-16-14(13-15)7-10-17-20(16,3)11-6-12-21(17,4)18(22)23/h8-9,13,17H,6-7,10-12H2,1-5H3,(H,22,23)/t17-,20+,21-/m0/s1. The highest BCUT2D eigenvalue weighted by molar-refractivity contribution is 5.75. The third kappa shape index (κ3) is 2.40. The first-order valence-electron chi connectivity index (χ1n) is 9.07. The zero-order chi connectivity index (χ0) is 17.8. The average molecular weight is 330 g/mol. The van der Waals surface area contributed by atoms with Gasteiger partial charge in [-0.05, 0) is 74.5 Å². The number of aliphatic carboxylic acids is 1. The second kappa shape index (κ2) is 5.59. The van der Waals surface area contributed by atoms with Gasteiger partial charge in [0, 0.05) is 7.11 Å². The molecule has 1 aromatic carbocycles. The van der Waals surface area contributed by atoms with Gasteiger partial charge in [0.05, 0.1) is 11.0 Å². The van der Waals surface area contributed by atoms with Crippen LogP contribution in [0.2, 0.25) is 0 Å². The second-order valence-electron chi connectivity index (χ2n) is 8.67. The number of methoxy groups -OCH3 is 1. The molecule has 3 atom stereocenters. The zero-order valence-corrected chi connectivity index (χ0v) is 15.6. The Labute approximate surface area is 145 Å². The topological polar surface area (TPSA) is 46.5 Å². The van der Waals surface area contributed by atoms with Crippen LogP contribution in [-0.2, 0) is 27.0 Å². The maximum Gasteiger partial charge on any atom is 0.309 e. The number of carboxylic acids is 1. The van der Waals surface area contributed by atoms with E-state index in [1.165, 1.54) is 16.7 Å². The molecule has 0 saturated heterocycles. The molecule has 2 aliphatic rings. The molecule has 0 aliphatic heterocycles. The Balaban J connectivity index is 2.06. The van der Waals surface area contributed by atoms with Gasteiger partial charge in [-0.15, -0.1) is 0 Å². The quantitative estimate of drug-likeness (QED) is 0.876. The smallest absolute Gasteiger partial charge is 0.309 e. The Hall–Kier alpha value is -1.35. The molecule has 1 N–H and O–H groups in total. The molecule has 1 aromatic rings. The van der Waals surface area contributed by atoms with Crippen LogP contribution in [0.4, 0.5) is 0 Å². The second-order valence-corrected chi connectivity index (χ2v) is 8.67. The lowest BCUT2D eigenvalue weighted by atomic mass is 9.50. The summed E-state index contributed by atoms with van der Waals surface area (Å²) in [6.07, 6.45) is 4.79. The lowest BCUT2D eigenvalue weighted by Gasteiger charge is -2.53. The molecule has 132 valence electrons. The van der Waals surface area contributed by atoms with Crippen LogP contribution in [0.15, 0.2) is 18.2 Å². The first kappa shape index (κ1) is 17.5. The summed E-state index contributed by atoms with van der Waals surface area (Å²) in [6, 6.07) is 6.70. The van der Waals surface area contributed by atoms with Crippen LogP contribution >= 0.6 is 0 Å². The fourth-order valence-electron chi connectivity index (χ4n) is 5.24. The van der Waals surface area contributed by atoms with Gasteiger partial charge >= 0.3 is 5.97 Å². The number of hydrogen-bond acceptors (Lipinski definition) is 2. The van der Waals surface area contributed by atoms with Crippen molar-refractivity contribution < 1.29 is 14.6 Å². The predicted molar refractivity (Wildman–Crippen MR) is 95.2 cm³/mol. The molecule has 24 heavy (non-hydrogen) atoms. The van der Waals surface area contributed by atoms with Crippen molar-refractivity contribution in [3.63, 3.8) is 0 Å². The van der Waals surface area contributed by atoms with E-state index in [1.807, 2.05) is 6.92 Å². The number of fused-ring (bicyclic) bond motifs is 3. The number of carboxylic acid groups (broad SMARTS) is 1. The van der Waals surface area contributed by atoms with E-state index in [1.54, 1.807) is 7.11 Å². The van der Waals surface area contributed by atoms with Crippen molar-refractivity contribution in [2.45, 2.75) is 70.8 Å². The number of carbonyl (C=O) groups is 1. The predicted octanol–water partition coefficient (Wildman–Crippen LogP) is 4.66. The third-order valence-corrected chi connectivity index (χ3v) is 7.05. The van der Waals surface area contributed by atoms with Gasteiger partial charge in [0.2, 0.25) is 0 Å². The first-order chi connectivity index (χ1) is 11.1. The highest BCUT2D eigenvalue weighted by atomic mass is 16.5. The summed E-state index contributed by atoms with van der Waals surface area (Å²) >= 11 is 0. The van der Waals surface area contributed by atoms with Gasteiger partial charge < -0.3 is 9.84 Å². The van der Waals surface area contributed by atoms with E-state index in [0.717, 1.165) is 32.1 Å². The van der Waals surface area contributed by atoms with E-state index in [9.17, 15) is 9.90 Å². The minimum Gasteiger partial charge on any atom is -0.481 e. The molecule has 0 amide bonds. The summed E-state index contributed by atoms with van der Waals surface area (Å²) in [5.41, 5.74) is 3.01. The minimum atomic E-state index is -0.626. The lowest BCUT2D eigenvalue weighted by molar-refractivity contribution is -0.157. The normalized spacial score (nSPS) is 32.8. The molecule has 0 spiro atoms. The van der Waals surface area contributed by atoms with Crippen LogP contribution in [0.25, 0.3) is 0 Å². The summed E-state index contributed by atoms with van der Waals surface area (Å²) < 4.78 is 5.63.